The zero-order valence-electron chi connectivity index (χ0n) is 10.8. The Balaban J connectivity index is 2.40. The van der Waals surface area contributed by atoms with Gasteiger partial charge in [-0.1, -0.05) is 17.7 Å². The van der Waals surface area contributed by atoms with E-state index in [9.17, 15) is 12.8 Å². The van der Waals surface area contributed by atoms with Gasteiger partial charge in [-0.3, -0.25) is 0 Å². The summed E-state index contributed by atoms with van der Waals surface area (Å²) in [5.74, 6) is -0.910. The van der Waals surface area contributed by atoms with E-state index >= 15 is 0 Å². The average Bonchev–Trinajstić information content (AvgIpc) is 2.43. The number of methoxy groups -OCH3 is 1. The van der Waals surface area contributed by atoms with Crippen LogP contribution in [0.1, 0.15) is 5.69 Å². The van der Waals surface area contributed by atoms with Crippen molar-refractivity contribution >= 4 is 37.4 Å². The lowest BCUT2D eigenvalue weighted by atomic mass is 10.3. The third-order valence-corrected chi connectivity index (χ3v) is 5.44. The van der Waals surface area contributed by atoms with Gasteiger partial charge in [0.1, 0.15) is 5.82 Å². The molecule has 0 fully saturated rings. The second-order valence-electron chi connectivity index (χ2n) is 4.10. The first-order chi connectivity index (χ1) is 9.85. The monoisotopic (exact) mass is 393 g/mol. The van der Waals surface area contributed by atoms with Crippen LogP contribution >= 0.6 is 27.5 Å². The fourth-order valence-corrected chi connectivity index (χ4v) is 3.91. The molecule has 1 heterocycles. The summed E-state index contributed by atoms with van der Waals surface area (Å²) in [6.07, 6.45) is 0. The van der Waals surface area contributed by atoms with Gasteiger partial charge in [0.25, 0.3) is 0 Å². The zero-order chi connectivity index (χ0) is 15.6. The molecule has 21 heavy (non-hydrogen) atoms. The van der Waals surface area contributed by atoms with Gasteiger partial charge < -0.3 is 4.74 Å². The quantitative estimate of drug-likeness (QED) is 0.795. The summed E-state index contributed by atoms with van der Waals surface area (Å²) in [7, 11) is -2.38. The number of hydrogen-bond donors (Lipinski definition) is 0. The van der Waals surface area contributed by atoms with Crippen molar-refractivity contribution in [3.63, 3.8) is 0 Å². The molecule has 0 N–H and O–H groups in total. The molecule has 0 bridgehead atoms. The molecular formula is C13H10BrClFNO3S. The summed E-state index contributed by atoms with van der Waals surface area (Å²) in [6.45, 7) is 0. The Morgan fingerprint density at radius 3 is 2.71 bits per heavy atom. The second kappa shape index (κ2) is 6.29. The molecule has 4 nitrogen and oxygen atoms in total. The molecular weight excluding hydrogens is 385 g/mol. The van der Waals surface area contributed by atoms with Crippen molar-refractivity contribution < 1.29 is 17.5 Å². The van der Waals surface area contributed by atoms with Gasteiger partial charge in [-0.2, -0.15) is 0 Å². The zero-order valence-corrected chi connectivity index (χ0v) is 14.0. The lowest BCUT2D eigenvalue weighted by molar-refractivity contribution is 0.394. The highest BCUT2D eigenvalue weighted by molar-refractivity contribution is 9.10. The SMILES string of the molecule is COc1nc(CS(=O)(=O)c2cccc(F)c2Cl)ccc1Br. The number of ether oxygens (including phenoxy) is 1. The summed E-state index contributed by atoms with van der Waals surface area (Å²) in [5.41, 5.74) is 0.273. The number of rotatable bonds is 4. The van der Waals surface area contributed by atoms with E-state index in [-0.39, 0.29) is 16.5 Å². The van der Waals surface area contributed by atoms with Gasteiger partial charge in [-0.15, -0.1) is 0 Å². The number of benzene rings is 1. The molecule has 0 atom stereocenters. The highest BCUT2D eigenvalue weighted by Crippen LogP contribution is 2.28. The molecule has 8 heteroatoms. The Morgan fingerprint density at radius 1 is 1.33 bits per heavy atom. The molecule has 0 saturated carbocycles. The van der Waals surface area contributed by atoms with Gasteiger partial charge in [0.15, 0.2) is 9.84 Å². The predicted octanol–water partition coefficient (Wildman–Crippen LogP) is 3.62. The fourth-order valence-electron chi connectivity index (χ4n) is 1.68. The van der Waals surface area contributed by atoms with Crippen molar-refractivity contribution in [2.45, 2.75) is 10.6 Å². The van der Waals surface area contributed by atoms with Crippen LogP contribution in [-0.4, -0.2) is 20.5 Å². The maximum Gasteiger partial charge on any atom is 0.227 e. The molecule has 0 unspecified atom stereocenters. The largest absolute Gasteiger partial charge is 0.480 e. The van der Waals surface area contributed by atoms with Crippen LogP contribution in [-0.2, 0) is 15.6 Å². The van der Waals surface area contributed by atoms with E-state index < -0.39 is 26.4 Å². The van der Waals surface area contributed by atoms with Crippen molar-refractivity contribution in [1.29, 1.82) is 0 Å². The number of hydrogen-bond acceptors (Lipinski definition) is 4. The number of halogens is 3. The molecule has 0 aliphatic carbocycles. The van der Waals surface area contributed by atoms with Crippen LogP contribution < -0.4 is 4.74 Å². The minimum Gasteiger partial charge on any atom is -0.480 e. The van der Waals surface area contributed by atoms with E-state index in [1.165, 1.54) is 25.3 Å². The fraction of sp³-hybridized carbons (Fsp3) is 0.154. The first-order valence-corrected chi connectivity index (χ1v) is 8.53. The van der Waals surface area contributed by atoms with Crippen molar-refractivity contribution in [2.24, 2.45) is 0 Å². The van der Waals surface area contributed by atoms with Crippen molar-refractivity contribution in [3.8, 4) is 5.88 Å². The molecule has 0 aliphatic rings. The van der Waals surface area contributed by atoms with Crippen LogP contribution in [0.4, 0.5) is 4.39 Å². The van der Waals surface area contributed by atoms with Crippen LogP contribution in [0.25, 0.3) is 0 Å². The van der Waals surface area contributed by atoms with E-state index in [0.717, 1.165) is 6.07 Å². The molecule has 0 aliphatic heterocycles. The van der Waals surface area contributed by atoms with E-state index in [0.29, 0.717) is 4.47 Å². The summed E-state index contributed by atoms with van der Waals surface area (Å²) < 4.78 is 43.6. The molecule has 0 radical (unpaired) electrons. The van der Waals surface area contributed by atoms with Gasteiger partial charge in [-0.25, -0.2) is 17.8 Å². The highest BCUT2D eigenvalue weighted by atomic mass is 79.9. The Bertz CT molecular complexity index is 783. The van der Waals surface area contributed by atoms with Gasteiger partial charge in [0, 0.05) is 0 Å². The Labute approximate surface area is 135 Å². The highest BCUT2D eigenvalue weighted by Gasteiger charge is 2.22. The van der Waals surface area contributed by atoms with Crippen LogP contribution in [0, 0.1) is 5.82 Å². The summed E-state index contributed by atoms with van der Waals surface area (Å²) in [4.78, 5) is 3.81. The maximum atomic E-state index is 13.4. The predicted molar refractivity (Wildman–Crippen MR) is 80.8 cm³/mol. The Kier molecular flexibility index (Phi) is 4.85. The summed E-state index contributed by atoms with van der Waals surface area (Å²) in [5, 5.41) is -0.415. The molecule has 0 spiro atoms. The van der Waals surface area contributed by atoms with Crippen molar-refractivity contribution in [2.75, 3.05) is 7.11 Å². The molecule has 112 valence electrons. The van der Waals surface area contributed by atoms with Crippen LogP contribution in [0.15, 0.2) is 39.7 Å². The third kappa shape index (κ3) is 3.53. The molecule has 0 saturated heterocycles. The van der Waals surface area contributed by atoms with Gasteiger partial charge in [0.05, 0.1) is 32.9 Å². The Hall–Kier alpha value is -1.18. The number of aromatic nitrogens is 1. The van der Waals surface area contributed by atoms with Crippen LogP contribution in [0.3, 0.4) is 0 Å². The first kappa shape index (κ1) is 16.2. The molecule has 2 rings (SSSR count). The van der Waals surface area contributed by atoms with Crippen LogP contribution in [0.2, 0.25) is 5.02 Å². The molecule has 1 aromatic heterocycles. The first-order valence-electron chi connectivity index (χ1n) is 5.71. The van der Waals surface area contributed by atoms with Crippen LogP contribution in [0.5, 0.6) is 5.88 Å². The molecule has 0 amide bonds. The minimum absolute atomic E-state index is 0.257. The maximum absolute atomic E-state index is 13.4. The van der Waals surface area contributed by atoms with E-state index in [1.807, 2.05) is 0 Å². The lowest BCUT2D eigenvalue weighted by Gasteiger charge is -2.08. The number of pyridine rings is 1. The topological polar surface area (TPSA) is 56.3 Å². The van der Waals surface area contributed by atoms with Gasteiger partial charge in [-0.05, 0) is 40.2 Å². The van der Waals surface area contributed by atoms with Crippen molar-refractivity contribution in [1.82, 2.24) is 4.98 Å². The second-order valence-corrected chi connectivity index (χ2v) is 7.30. The normalized spacial score (nSPS) is 11.4. The lowest BCUT2D eigenvalue weighted by Crippen LogP contribution is -2.08. The Morgan fingerprint density at radius 2 is 2.05 bits per heavy atom. The van der Waals surface area contributed by atoms with Gasteiger partial charge >= 0.3 is 0 Å². The average molecular weight is 395 g/mol. The number of sulfone groups is 1. The van der Waals surface area contributed by atoms with Crippen molar-refractivity contribution in [3.05, 3.63) is 51.3 Å². The number of nitrogens with zero attached hydrogens (tertiary/aromatic N) is 1. The smallest absolute Gasteiger partial charge is 0.227 e. The molecule has 2 aromatic rings. The minimum atomic E-state index is -3.81. The third-order valence-electron chi connectivity index (χ3n) is 2.65. The summed E-state index contributed by atoms with van der Waals surface area (Å²) in [6, 6.07) is 6.82. The van der Waals surface area contributed by atoms with E-state index in [2.05, 4.69) is 20.9 Å². The van der Waals surface area contributed by atoms with E-state index in [1.54, 1.807) is 6.07 Å². The standard InChI is InChI=1S/C13H10BrClFNO3S/c1-20-13-9(14)6-5-8(17-13)7-21(18,19)11-4-2-3-10(16)12(11)15/h2-6H,7H2,1H3. The van der Waals surface area contributed by atoms with E-state index in [4.69, 9.17) is 16.3 Å². The van der Waals surface area contributed by atoms with Gasteiger partial charge in [0.2, 0.25) is 5.88 Å². The molecule has 1 aromatic carbocycles. The summed E-state index contributed by atoms with van der Waals surface area (Å²) >= 11 is 8.95.